The van der Waals surface area contributed by atoms with Crippen molar-refractivity contribution < 1.29 is 19.1 Å². The number of para-hydroxylation sites is 1. The van der Waals surface area contributed by atoms with Crippen LogP contribution in [0.3, 0.4) is 0 Å². The summed E-state index contributed by atoms with van der Waals surface area (Å²) in [5, 5.41) is 8.14. The quantitative estimate of drug-likeness (QED) is 0.377. The minimum Gasteiger partial charge on any atom is -0.452 e. The van der Waals surface area contributed by atoms with Crippen molar-refractivity contribution in [2.75, 3.05) is 17.7 Å². The Balaban J connectivity index is 1.52. The molecule has 2 aromatic heterocycles. The van der Waals surface area contributed by atoms with Gasteiger partial charge in [-0.25, -0.2) is 9.78 Å². The first-order valence-corrected chi connectivity index (χ1v) is 11.3. The third-order valence-corrected chi connectivity index (χ3v) is 6.33. The van der Waals surface area contributed by atoms with Crippen molar-refractivity contribution in [2.45, 2.75) is 18.1 Å². The van der Waals surface area contributed by atoms with Gasteiger partial charge in [0, 0.05) is 24.3 Å². The third kappa shape index (κ3) is 6.43. The molecule has 0 saturated carbocycles. The Labute approximate surface area is 188 Å². The molecule has 3 aromatic rings. The summed E-state index contributed by atoms with van der Waals surface area (Å²) < 4.78 is 6.96. The maximum absolute atomic E-state index is 12.5. The number of hydrogen-bond acceptors (Lipinski definition) is 7. The monoisotopic (exact) mass is 458 g/mol. The maximum Gasteiger partial charge on any atom is 0.340 e. The number of aryl methyl sites for hydroxylation is 1. The van der Waals surface area contributed by atoms with Crippen molar-refractivity contribution in [3.63, 3.8) is 0 Å². The van der Waals surface area contributed by atoms with Crippen LogP contribution in [-0.4, -0.2) is 39.7 Å². The summed E-state index contributed by atoms with van der Waals surface area (Å²) in [5.74, 6) is -1.23. The minimum atomic E-state index is -0.688. The van der Waals surface area contributed by atoms with Crippen molar-refractivity contribution in [2.24, 2.45) is 7.05 Å². The number of amides is 2. The lowest BCUT2D eigenvalue weighted by molar-refractivity contribution is -0.124. The van der Waals surface area contributed by atoms with Crippen molar-refractivity contribution >= 4 is 46.6 Å². The predicted octanol–water partition coefficient (Wildman–Crippen LogP) is 3.25. The van der Waals surface area contributed by atoms with Gasteiger partial charge in [-0.2, -0.15) is 0 Å². The number of carbonyl (C=O) groups excluding carboxylic acids is 3. The highest BCUT2D eigenvalue weighted by atomic mass is 32.2. The third-order valence-electron chi connectivity index (χ3n) is 4.21. The number of hydrogen-bond donors (Lipinski definition) is 2. The van der Waals surface area contributed by atoms with Crippen LogP contribution in [0.5, 0.6) is 0 Å². The molecule has 8 nitrogen and oxygen atoms in total. The zero-order valence-electron chi connectivity index (χ0n) is 17.0. The Morgan fingerprint density at radius 3 is 2.71 bits per heavy atom. The topological polar surface area (TPSA) is 102 Å². The molecule has 0 radical (unpaired) electrons. The molecule has 10 heteroatoms. The van der Waals surface area contributed by atoms with E-state index in [0.29, 0.717) is 10.8 Å². The summed E-state index contributed by atoms with van der Waals surface area (Å²) in [5.41, 5.74) is 0.502. The van der Waals surface area contributed by atoms with Gasteiger partial charge in [-0.15, -0.1) is 11.3 Å². The Bertz CT molecular complexity index is 1050. The van der Waals surface area contributed by atoms with Crippen LogP contribution in [0.25, 0.3) is 0 Å². The van der Waals surface area contributed by atoms with Gasteiger partial charge < -0.3 is 19.9 Å². The minimum absolute atomic E-state index is 0.136. The predicted molar refractivity (Wildman–Crippen MR) is 120 cm³/mol. The second kappa shape index (κ2) is 10.8. The number of esters is 1. The van der Waals surface area contributed by atoms with Crippen molar-refractivity contribution in [3.05, 3.63) is 64.6 Å². The largest absolute Gasteiger partial charge is 0.452 e. The average molecular weight is 459 g/mol. The van der Waals surface area contributed by atoms with Gasteiger partial charge in [-0.05, 0) is 30.5 Å². The van der Waals surface area contributed by atoms with Crippen molar-refractivity contribution in [1.29, 1.82) is 0 Å². The van der Waals surface area contributed by atoms with Crippen molar-refractivity contribution in [1.82, 2.24) is 14.9 Å². The zero-order chi connectivity index (χ0) is 22.2. The number of benzene rings is 1. The van der Waals surface area contributed by atoms with E-state index in [1.165, 1.54) is 29.2 Å². The van der Waals surface area contributed by atoms with Gasteiger partial charge in [0.15, 0.2) is 11.8 Å². The van der Waals surface area contributed by atoms with E-state index >= 15 is 0 Å². The van der Waals surface area contributed by atoms with Crippen LogP contribution in [0, 0.1) is 0 Å². The molecule has 0 bridgehead atoms. The highest BCUT2D eigenvalue weighted by Gasteiger charge is 2.17. The van der Waals surface area contributed by atoms with Gasteiger partial charge in [0.05, 0.1) is 23.0 Å². The second-order valence-electron chi connectivity index (χ2n) is 6.58. The molecule has 0 aliphatic carbocycles. The summed E-state index contributed by atoms with van der Waals surface area (Å²) in [4.78, 5) is 42.1. The number of rotatable bonds is 9. The fourth-order valence-corrected chi connectivity index (χ4v) is 4.14. The van der Waals surface area contributed by atoms with Crippen LogP contribution in [0.1, 0.15) is 28.2 Å². The zero-order valence-corrected chi connectivity index (χ0v) is 18.7. The molecule has 2 N–H and O–H groups in total. The Morgan fingerprint density at radius 1 is 1.19 bits per heavy atom. The van der Waals surface area contributed by atoms with Crippen LogP contribution in [0.2, 0.25) is 0 Å². The van der Waals surface area contributed by atoms with E-state index in [1.54, 1.807) is 30.6 Å². The highest BCUT2D eigenvalue weighted by Crippen LogP contribution is 2.20. The molecule has 3 rings (SSSR count). The molecule has 0 aliphatic rings. The van der Waals surface area contributed by atoms with E-state index in [4.69, 9.17) is 4.74 Å². The van der Waals surface area contributed by atoms with Crippen molar-refractivity contribution in [3.8, 4) is 0 Å². The number of thiophene rings is 1. The summed E-state index contributed by atoms with van der Waals surface area (Å²) in [6.45, 7) is 1.45. The van der Waals surface area contributed by atoms with Gasteiger partial charge in [0.1, 0.15) is 0 Å². The van der Waals surface area contributed by atoms with Gasteiger partial charge >= 0.3 is 5.97 Å². The smallest absolute Gasteiger partial charge is 0.340 e. The van der Waals surface area contributed by atoms with Crippen LogP contribution < -0.4 is 10.6 Å². The van der Waals surface area contributed by atoms with E-state index < -0.39 is 18.5 Å². The van der Waals surface area contributed by atoms with E-state index in [1.807, 2.05) is 36.1 Å². The first-order valence-electron chi connectivity index (χ1n) is 9.43. The number of nitrogens with one attached hydrogen (secondary N) is 2. The fraction of sp³-hybridized carbons (Fsp3) is 0.238. The van der Waals surface area contributed by atoms with E-state index in [2.05, 4.69) is 15.6 Å². The lowest BCUT2D eigenvalue weighted by Crippen LogP contribution is -2.31. The normalized spacial score (nSPS) is 11.5. The number of aromatic nitrogens is 2. The summed E-state index contributed by atoms with van der Waals surface area (Å²) in [6.07, 6.45) is 3.45. The van der Waals surface area contributed by atoms with Crippen LogP contribution in [0.15, 0.2) is 59.3 Å². The fourth-order valence-electron chi connectivity index (χ4n) is 2.68. The molecule has 0 aliphatic heterocycles. The maximum atomic E-state index is 12.5. The number of anilines is 1. The van der Waals surface area contributed by atoms with Crippen LogP contribution in [-0.2, 0) is 21.4 Å². The molecule has 162 valence electrons. The van der Waals surface area contributed by atoms with Crippen LogP contribution >= 0.6 is 23.1 Å². The molecule has 2 amide bonds. The molecule has 1 unspecified atom stereocenters. The van der Waals surface area contributed by atoms with E-state index in [9.17, 15) is 14.4 Å². The average Bonchev–Trinajstić information content (AvgIpc) is 3.43. The Kier molecular flexibility index (Phi) is 7.85. The molecule has 2 heterocycles. The molecular weight excluding hydrogens is 436 g/mol. The van der Waals surface area contributed by atoms with Gasteiger partial charge in [-0.1, -0.05) is 30.0 Å². The van der Waals surface area contributed by atoms with Gasteiger partial charge in [0.2, 0.25) is 5.91 Å². The van der Waals surface area contributed by atoms with Gasteiger partial charge in [0.25, 0.3) is 5.91 Å². The number of imidazole rings is 1. The standard InChI is InChI=1S/C21H22N4O4S2/c1-14(17-8-5-11-30-17)23-18(26)12-29-20(28)15-6-3-4-7-16(15)24-19(27)13-31-21-22-9-10-25(21)2/h3-11,14H,12-13H2,1-2H3,(H,23,26)(H,24,27). The number of nitrogens with zero attached hydrogens (tertiary/aromatic N) is 2. The molecule has 0 saturated heterocycles. The lowest BCUT2D eigenvalue weighted by atomic mass is 10.2. The van der Waals surface area contributed by atoms with E-state index in [0.717, 1.165) is 4.88 Å². The molecule has 0 fully saturated rings. The molecule has 1 atom stereocenters. The Hall–Kier alpha value is -3.11. The lowest BCUT2D eigenvalue weighted by Gasteiger charge is -2.13. The number of ether oxygens (including phenoxy) is 1. The summed E-state index contributed by atoms with van der Waals surface area (Å²) >= 11 is 2.82. The highest BCUT2D eigenvalue weighted by molar-refractivity contribution is 7.99. The van der Waals surface area contributed by atoms with Gasteiger partial charge in [-0.3, -0.25) is 9.59 Å². The SMILES string of the molecule is CC(NC(=O)COC(=O)c1ccccc1NC(=O)CSc1nccn1C)c1cccs1. The van der Waals surface area contributed by atoms with E-state index in [-0.39, 0.29) is 23.3 Å². The summed E-state index contributed by atoms with van der Waals surface area (Å²) in [6, 6.07) is 10.2. The molecule has 0 spiro atoms. The van der Waals surface area contributed by atoms with Crippen LogP contribution in [0.4, 0.5) is 5.69 Å². The number of thioether (sulfide) groups is 1. The number of carbonyl (C=O) groups is 3. The molecular formula is C21H22N4O4S2. The summed E-state index contributed by atoms with van der Waals surface area (Å²) in [7, 11) is 1.84. The second-order valence-corrected chi connectivity index (χ2v) is 8.51. The Morgan fingerprint density at radius 2 is 2.00 bits per heavy atom. The molecule has 31 heavy (non-hydrogen) atoms. The molecule has 1 aromatic carbocycles. The first-order chi connectivity index (χ1) is 14.9. The first kappa shape index (κ1) is 22.6.